The third-order valence-electron chi connectivity index (χ3n) is 1.18. The molecule has 0 unspecified atom stereocenters. The molecule has 0 fully saturated rings. The molecule has 0 heterocycles. The van der Waals surface area contributed by atoms with Crippen LogP contribution in [-0.2, 0) is 19.1 Å². The molecule has 0 saturated heterocycles. The maximum Gasteiger partial charge on any atom is 0.374 e. The van der Waals surface area contributed by atoms with Crippen molar-refractivity contribution in [1.29, 1.82) is 5.26 Å². The van der Waals surface area contributed by atoms with Crippen molar-refractivity contribution in [2.75, 3.05) is 7.11 Å². The fourth-order valence-corrected chi connectivity index (χ4v) is 0.337. The van der Waals surface area contributed by atoms with E-state index in [1.807, 2.05) is 0 Å². The zero-order chi connectivity index (χ0) is 11.6. The minimum absolute atomic E-state index is 0.215. The topological polar surface area (TPSA) is 84.2 Å². The van der Waals surface area contributed by atoms with E-state index in [4.69, 9.17) is 5.26 Å². The lowest BCUT2D eigenvalue weighted by atomic mass is 10.3. The van der Waals surface area contributed by atoms with Crippen LogP contribution in [0.25, 0.3) is 0 Å². The Morgan fingerprint density at radius 2 is 1.71 bits per heavy atom. The highest BCUT2D eigenvalue weighted by atomic mass is 16.5. The van der Waals surface area contributed by atoms with Crippen molar-refractivity contribution in [2.45, 2.75) is 26.7 Å². The zero-order valence-corrected chi connectivity index (χ0v) is 8.49. The molecule has 0 N–H and O–H groups in total. The summed E-state index contributed by atoms with van der Waals surface area (Å²) in [5, 5.41) is 7.74. The monoisotopic (exact) mass is 199 g/mol. The number of ketones is 2. The van der Waals surface area contributed by atoms with Gasteiger partial charge < -0.3 is 4.74 Å². The van der Waals surface area contributed by atoms with E-state index in [2.05, 4.69) is 4.74 Å². The quantitative estimate of drug-likeness (QED) is 0.378. The first-order valence-corrected chi connectivity index (χ1v) is 4.07. The number of hydrogen-bond acceptors (Lipinski definition) is 5. The lowest BCUT2D eigenvalue weighted by Gasteiger charge is -1.90. The number of hydrogen-bond donors (Lipinski definition) is 0. The molecule has 0 spiro atoms. The third kappa shape index (κ3) is 8.40. The number of nitriles is 1. The molecule has 14 heavy (non-hydrogen) atoms. The summed E-state index contributed by atoms with van der Waals surface area (Å²) < 4.78 is 4.11. The lowest BCUT2D eigenvalue weighted by molar-refractivity contribution is -0.151. The molecular formula is C9H13NO4. The number of esters is 1. The van der Waals surface area contributed by atoms with Crippen LogP contribution >= 0.6 is 0 Å². The van der Waals surface area contributed by atoms with E-state index in [1.54, 1.807) is 13.8 Å². The zero-order valence-electron chi connectivity index (χ0n) is 8.49. The average Bonchev–Trinajstić information content (AvgIpc) is 2.26. The fourth-order valence-electron chi connectivity index (χ4n) is 0.337. The fraction of sp³-hybridized carbons (Fsp3) is 0.556. The molecule has 78 valence electrons. The van der Waals surface area contributed by atoms with Gasteiger partial charge in [0.1, 0.15) is 6.07 Å². The molecule has 0 amide bonds. The second-order valence-electron chi connectivity index (χ2n) is 2.16. The molecule has 0 aliphatic heterocycles. The highest BCUT2D eigenvalue weighted by molar-refractivity contribution is 6.33. The van der Waals surface area contributed by atoms with Crippen molar-refractivity contribution >= 4 is 17.5 Å². The Labute approximate surface area is 82.7 Å². The van der Waals surface area contributed by atoms with Crippen LogP contribution in [-0.4, -0.2) is 24.6 Å². The number of Topliss-reactive ketones (excluding diaryl/α,β-unsaturated/α-hetero) is 2. The van der Waals surface area contributed by atoms with E-state index in [0.29, 0.717) is 6.42 Å². The summed E-state index contributed by atoms with van der Waals surface area (Å²) in [5.41, 5.74) is 0. The number of ether oxygens (including phenoxy) is 1. The van der Waals surface area contributed by atoms with Crippen LogP contribution in [0.3, 0.4) is 0 Å². The highest BCUT2D eigenvalue weighted by Gasteiger charge is 2.08. The highest BCUT2D eigenvalue weighted by Crippen LogP contribution is 1.82. The summed E-state index contributed by atoms with van der Waals surface area (Å²) in [6, 6.07) is 1.48. The molecule has 0 aliphatic carbocycles. The lowest BCUT2D eigenvalue weighted by Crippen LogP contribution is -2.13. The maximum atomic E-state index is 10.3. The molecule has 0 aromatic carbocycles. The summed E-state index contributed by atoms with van der Waals surface area (Å²) >= 11 is 0. The average molecular weight is 199 g/mol. The van der Waals surface area contributed by atoms with Crippen molar-refractivity contribution in [3.05, 3.63) is 0 Å². The summed E-state index contributed by atoms with van der Waals surface area (Å²) in [6.45, 7) is 3.27. The molecular weight excluding hydrogens is 186 g/mol. The molecule has 0 atom stereocenters. The molecule has 0 bridgehead atoms. The van der Waals surface area contributed by atoms with Gasteiger partial charge in [-0.15, -0.1) is 0 Å². The van der Waals surface area contributed by atoms with Crippen LogP contribution in [0.1, 0.15) is 26.7 Å². The van der Waals surface area contributed by atoms with E-state index in [9.17, 15) is 14.4 Å². The first-order chi connectivity index (χ1) is 6.53. The van der Waals surface area contributed by atoms with Crippen LogP contribution in [0, 0.1) is 11.3 Å². The summed E-state index contributed by atoms with van der Waals surface area (Å²) in [5.74, 6) is -1.59. The van der Waals surface area contributed by atoms with Crippen molar-refractivity contribution in [2.24, 2.45) is 0 Å². The first kappa shape index (κ1) is 14.8. The Bertz CT molecular complexity index is 238. The minimum atomic E-state index is -0.757. The normalized spacial score (nSPS) is 7.57. The van der Waals surface area contributed by atoms with Crippen molar-refractivity contribution in [3.8, 4) is 6.07 Å². The van der Waals surface area contributed by atoms with Crippen LogP contribution in [0.2, 0.25) is 0 Å². The predicted molar refractivity (Wildman–Crippen MR) is 48.2 cm³/mol. The molecule has 5 nitrogen and oxygen atoms in total. The van der Waals surface area contributed by atoms with E-state index < -0.39 is 11.8 Å². The minimum Gasteiger partial charge on any atom is -0.463 e. The molecule has 0 aromatic rings. The number of rotatable bonds is 3. The van der Waals surface area contributed by atoms with Gasteiger partial charge in [-0.25, -0.2) is 4.79 Å². The van der Waals surface area contributed by atoms with Gasteiger partial charge in [0, 0.05) is 12.8 Å². The predicted octanol–water partition coefficient (Wildman–Crippen LogP) is 0.628. The first-order valence-electron chi connectivity index (χ1n) is 4.07. The number of methoxy groups -OCH3 is 1. The van der Waals surface area contributed by atoms with Gasteiger partial charge >= 0.3 is 5.97 Å². The van der Waals surface area contributed by atoms with Gasteiger partial charge in [-0.2, -0.15) is 5.26 Å². The number of nitrogens with zero attached hydrogens (tertiary/aromatic N) is 1. The van der Waals surface area contributed by atoms with Crippen LogP contribution in [0.15, 0.2) is 0 Å². The summed E-state index contributed by atoms with van der Waals surface area (Å²) in [7, 11) is 1.19. The SMILES string of the molecule is CCC(=O)C#N.CCC(=O)C(=O)OC. The van der Waals surface area contributed by atoms with Gasteiger partial charge in [0.2, 0.25) is 11.6 Å². The Morgan fingerprint density at radius 1 is 1.21 bits per heavy atom. The Kier molecular flexibility index (Phi) is 9.93. The van der Waals surface area contributed by atoms with E-state index in [-0.39, 0.29) is 12.2 Å². The van der Waals surface area contributed by atoms with Crippen molar-refractivity contribution in [1.82, 2.24) is 0 Å². The van der Waals surface area contributed by atoms with Crippen LogP contribution in [0.5, 0.6) is 0 Å². The number of carbonyl (C=O) groups is 3. The molecule has 0 rings (SSSR count). The molecule has 5 heteroatoms. The van der Waals surface area contributed by atoms with Crippen LogP contribution < -0.4 is 0 Å². The van der Waals surface area contributed by atoms with Gasteiger partial charge in [0.05, 0.1) is 7.11 Å². The maximum absolute atomic E-state index is 10.3. The Balaban J connectivity index is 0. The summed E-state index contributed by atoms with van der Waals surface area (Å²) in [6.07, 6.45) is 0.545. The van der Waals surface area contributed by atoms with E-state index in [1.165, 1.54) is 13.2 Å². The Hall–Kier alpha value is -1.70. The molecule has 0 aromatic heterocycles. The van der Waals surface area contributed by atoms with E-state index in [0.717, 1.165) is 0 Å². The van der Waals surface area contributed by atoms with Crippen LogP contribution in [0.4, 0.5) is 0 Å². The molecule has 0 aliphatic rings. The van der Waals surface area contributed by atoms with Crippen molar-refractivity contribution in [3.63, 3.8) is 0 Å². The second-order valence-corrected chi connectivity index (χ2v) is 2.16. The van der Waals surface area contributed by atoms with Gasteiger partial charge in [-0.05, 0) is 0 Å². The van der Waals surface area contributed by atoms with Gasteiger partial charge in [0.25, 0.3) is 0 Å². The smallest absolute Gasteiger partial charge is 0.374 e. The summed E-state index contributed by atoms with van der Waals surface area (Å²) in [4.78, 5) is 30.3. The van der Waals surface area contributed by atoms with E-state index >= 15 is 0 Å². The standard InChI is InChI=1S/C5H8O3.C4H5NO/c1-3-4(6)5(7)8-2;1-2-4(6)3-5/h3H2,1-2H3;2H2,1H3. The second kappa shape index (κ2) is 9.39. The van der Waals surface area contributed by atoms with Gasteiger partial charge in [0.15, 0.2) is 0 Å². The third-order valence-corrected chi connectivity index (χ3v) is 1.18. The Morgan fingerprint density at radius 3 is 1.79 bits per heavy atom. The number of carbonyl (C=O) groups excluding carboxylic acids is 3. The largest absolute Gasteiger partial charge is 0.463 e. The van der Waals surface area contributed by atoms with Gasteiger partial charge in [-0.3, -0.25) is 9.59 Å². The van der Waals surface area contributed by atoms with Gasteiger partial charge in [-0.1, -0.05) is 13.8 Å². The molecule has 0 saturated carbocycles. The van der Waals surface area contributed by atoms with Crippen molar-refractivity contribution < 1.29 is 19.1 Å². The molecule has 0 radical (unpaired) electrons.